The number of hydrogen-bond donors (Lipinski definition) is 0. The average molecular weight is 708 g/mol. The average Bonchev–Trinajstić information content (AvgIpc) is 1.41. The van der Waals surface area contributed by atoms with E-state index in [9.17, 15) is 0 Å². The molecule has 24 N–H and O–H groups in total. The normalized spacial score (nSPS) is 4.92. The molecule has 0 saturated carbocycles. The minimum Gasteiger partial charge on any atom is -0.822 e. The molecule has 0 aliphatic rings. The minimum absolute atomic E-state index is 0. The molecule has 0 bridgehead atoms. The zero-order valence-corrected chi connectivity index (χ0v) is 41.9. The van der Waals surface area contributed by atoms with Crippen molar-refractivity contribution >= 4 is 23.5 Å². The van der Waals surface area contributed by atoms with Crippen LogP contribution >= 0.6 is 23.5 Å². The molecule has 0 fully saturated rings. The largest absolute Gasteiger partial charge is 1.00 e. The van der Waals surface area contributed by atoms with E-state index in [4.69, 9.17) is 57.7 Å². The summed E-state index contributed by atoms with van der Waals surface area (Å²) in [6, 6.07) is 0. The fourth-order valence-corrected chi connectivity index (χ4v) is 0. The Hall–Kier alpha value is 8.85. The molecule has 0 amide bonds. The molecular weight excluding hydrogens is 684 g/mol. The number of hydrogen-bond acceptors (Lipinski definition) is 12. The fourth-order valence-electron chi connectivity index (χ4n) is 0. The molecule has 0 rings (SSSR count). The molecule has 0 saturated heterocycles. The van der Waals surface area contributed by atoms with Gasteiger partial charge in [-0.3, -0.25) is 0 Å². The maximum absolute atomic E-state index is 8.55. The minimum atomic E-state index is -5.39. The van der Waals surface area contributed by atoms with Crippen LogP contribution in [0.15, 0.2) is 0 Å². The second kappa shape index (κ2) is 112. The van der Waals surface area contributed by atoms with E-state index >= 15 is 0 Å². The van der Waals surface area contributed by atoms with Crippen LogP contribution in [0.4, 0.5) is 0 Å². The summed E-state index contributed by atoms with van der Waals surface area (Å²) in [5.74, 6) is 0. The predicted molar refractivity (Wildman–Crippen MR) is 66.2 cm³/mol. The van der Waals surface area contributed by atoms with Gasteiger partial charge in [0.1, 0.15) is 0 Å². The first-order chi connectivity index (χ1) is 6.00. The van der Waals surface area contributed by atoms with Gasteiger partial charge in [-0.25, -0.2) is 0 Å². The van der Waals surface area contributed by atoms with Gasteiger partial charge in [0, 0.05) is 0 Å². The summed E-state index contributed by atoms with van der Waals surface area (Å²) in [4.78, 5) is 76.9. The van der Waals surface area contributed by atoms with Crippen molar-refractivity contribution in [3.63, 3.8) is 0 Å². The number of rotatable bonds is 0. The van der Waals surface area contributed by atoms with E-state index in [0.29, 0.717) is 0 Å². The third-order valence-corrected chi connectivity index (χ3v) is 0. The molecule has 0 aliphatic heterocycles. The predicted octanol–water partition coefficient (Wildman–Crippen LogP) is -45.3. The van der Waals surface area contributed by atoms with Crippen molar-refractivity contribution in [2.75, 3.05) is 0 Å². The first kappa shape index (κ1) is 198. The monoisotopic (exact) mass is 708 g/mol. The summed E-state index contributed by atoms with van der Waals surface area (Å²) in [6.07, 6.45) is 0. The van der Waals surface area contributed by atoms with Crippen molar-refractivity contribution in [2.24, 2.45) is 0 Å². The maximum atomic E-state index is 8.55. The third kappa shape index (κ3) is 958. The van der Waals surface area contributed by atoms with E-state index in [0.717, 1.165) is 0 Å². The number of phosphoric acid groups is 3. The van der Waals surface area contributed by atoms with Crippen LogP contribution < -0.4 is 310 Å². The van der Waals surface area contributed by atoms with Gasteiger partial charge in [0.25, 0.3) is 0 Å². The van der Waals surface area contributed by atoms with Crippen molar-refractivity contribution in [1.82, 2.24) is 0 Å². The van der Waals surface area contributed by atoms with Gasteiger partial charge in [-0.2, -0.15) is 23.5 Å². The van der Waals surface area contributed by atoms with Gasteiger partial charge < -0.3 is 123 Å². The van der Waals surface area contributed by atoms with E-state index < -0.39 is 23.5 Å². The van der Waals surface area contributed by atoms with Crippen LogP contribution in [0.5, 0.6) is 0 Å². The van der Waals surface area contributed by atoms with Crippen LogP contribution in [0.2, 0.25) is 0 Å². The maximum Gasteiger partial charge on any atom is 1.00 e. The van der Waals surface area contributed by atoms with Crippen molar-refractivity contribution < 1.29 is 389 Å². The van der Waals surface area contributed by atoms with Crippen LogP contribution in [0.25, 0.3) is 0 Å². The Balaban J connectivity index is -0.00000000211. The molecule has 192 valence electrons. The summed E-state index contributed by atoms with van der Waals surface area (Å²) >= 11 is 0. The standard InChI is InChI=1S/9Na.3H3O4P.12H2O/c;;;;;;;;;3*1-5(2,3)4;;;;;;;;;;;;/h;;;;;;;;;3*(H3,1,2,3,4);12*1H2/q9*+1;;;;;;;;;;;;;;;/p-9. The van der Waals surface area contributed by atoms with Crippen LogP contribution in [-0.2, 0) is 13.7 Å². The Kier molecular flexibility index (Phi) is 615. The summed E-state index contributed by atoms with van der Waals surface area (Å²) in [7, 11) is -16.2. The Morgan fingerprint density at radius 1 is 0.222 bits per heavy atom. The van der Waals surface area contributed by atoms with Crippen molar-refractivity contribution in [1.29, 1.82) is 0 Å². The molecule has 36 heteroatoms. The zero-order chi connectivity index (χ0) is 13.5. The van der Waals surface area contributed by atoms with Crippen molar-refractivity contribution in [2.45, 2.75) is 0 Å². The Labute approximate surface area is 404 Å². The van der Waals surface area contributed by atoms with Crippen LogP contribution in [0, 0.1) is 0 Å². The van der Waals surface area contributed by atoms with Gasteiger partial charge >= 0.3 is 266 Å². The molecule has 36 heavy (non-hydrogen) atoms. The summed E-state index contributed by atoms with van der Waals surface area (Å²) in [5, 5.41) is 0. The van der Waals surface area contributed by atoms with E-state index in [1.165, 1.54) is 0 Å². The molecule has 0 unspecified atom stereocenters. The second-order valence-corrected chi connectivity index (χ2v) is 4.02. The topological polar surface area (TPSA) is 637 Å². The smallest absolute Gasteiger partial charge is 0.822 e. The quantitative estimate of drug-likeness (QED) is 0.167. The van der Waals surface area contributed by atoms with Gasteiger partial charge in [-0.05, 0) is 0 Å². The molecule has 24 nitrogen and oxygen atoms in total. The fraction of sp³-hybridized carbons (Fsp3) is 0. The Morgan fingerprint density at radius 3 is 0.222 bits per heavy atom. The van der Waals surface area contributed by atoms with Crippen molar-refractivity contribution in [3.8, 4) is 0 Å². The first-order valence-electron chi connectivity index (χ1n) is 2.19. The molecule has 0 radical (unpaired) electrons. The Bertz CT molecular complexity index is 229. The zero-order valence-electron chi connectivity index (χ0n) is 21.2. The van der Waals surface area contributed by atoms with E-state index in [1.54, 1.807) is 0 Å². The molecule has 0 aromatic rings. The van der Waals surface area contributed by atoms with Crippen LogP contribution in [-0.4, -0.2) is 65.7 Å². The molecule has 0 aromatic carbocycles. The van der Waals surface area contributed by atoms with Crippen molar-refractivity contribution in [3.05, 3.63) is 0 Å². The third-order valence-electron chi connectivity index (χ3n) is 0. The summed E-state index contributed by atoms with van der Waals surface area (Å²) < 4.78 is 25.6. The van der Waals surface area contributed by atoms with Gasteiger partial charge in [0.2, 0.25) is 0 Å². The molecular formula is H24Na9O24P3. The molecule has 0 heterocycles. The molecule has 0 atom stereocenters. The molecule has 0 spiro atoms. The van der Waals surface area contributed by atoms with Gasteiger partial charge in [0.05, 0.1) is 0 Å². The van der Waals surface area contributed by atoms with E-state index in [-0.39, 0.29) is 332 Å². The summed E-state index contributed by atoms with van der Waals surface area (Å²) in [5.41, 5.74) is 0. The van der Waals surface area contributed by atoms with E-state index in [2.05, 4.69) is 0 Å². The van der Waals surface area contributed by atoms with Gasteiger partial charge in [-0.15, -0.1) is 0 Å². The van der Waals surface area contributed by atoms with Crippen LogP contribution in [0.1, 0.15) is 0 Å². The Morgan fingerprint density at radius 2 is 0.222 bits per heavy atom. The van der Waals surface area contributed by atoms with Gasteiger partial charge in [-0.1, -0.05) is 0 Å². The molecule has 0 aliphatic carbocycles. The van der Waals surface area contributed by atoms with Crippen LogP contribution in [0.3, 0.4) is 0 Å². The summed E-state index contributed by atoms with van der Waals surface area (Å²) in [6.45, 7) is 0. The van der Waals surface area contributed by atoms with Gasteiger partial charge in [0.15, 0.2) is 0 Å². The molecule has 0 aromatic heterocycles. The second-order valence-electron chi connectivity index (χ2n) is 1.34. The first-order valence-corrected chi connectivity index (χ1v) is 6.57. The van der Waals surface area contributed by atoms with E-state index in [1.807, 2.05) is 0 Å². The SMILES string of the molecule is O.O.O.O.O.O.O.O.O.O.O.O.O=P([O-])([O-])[O-].O=P([O-])([O-])[O-].O=P([O-])([O-])[O-].[Na+].[Na+].[Na+].[Na+].[Na+].[Na+].[Na+].[Na+].[Na+].